The average Bonchev–Trinajstić information content (AvgIpc) is 3.04. The second kappa shape index (κ2) is 4.49. The maximum Gasteiger partial charge on any atom is 0.0965 e. The Morgan fingerprint density at radius 3 is 2.50 bits per heavy atom. The van der Waals surface area contributed by atoms with Gasteiger partial charge in [-0.05, 0) is 12.1 Å². The highest BCUT2D eigenvalue weighted by Gasteiger charge is 2.14. The second-order valence-corrected chi connectivity index (χ2v) is 5.49. The Hall–Kier alpha value is -2.52. The minimum absolute atomic E-state index is 0. The molecule has 0 saturated heterocycles. The summed E-state index contributed by atoms with van der Waals surface area (Å²) in [5.41, 5.74) is 5.72. The first kappa shape index (κ1) is 13.2. The van der Waals surface area contributed by atoms with Crippen molar-refractivity contribution in [2.24, 2.45) is 7.05 Å². The second-order valence-electron chi connectivity index (χ2n) is 5.49. The molecular weight excluding hydrogens is 294 g/mol. The molecule has 0 radical (unpaired) electrons. The number of halogens is 1. The van der Waals surface area contributed by atoms with Crippen LogP contribution in [0.3, 0.4) is 0 Å². The van der Waals surface area contributed by atoms with Crippen molar-refractivity contribution in [1.82, 2.24) is 14.5 Å². The Kier molecular flexibility index (Phi) is 2.68. The largest absolute Gasteiger partial charge is 0.353 e. The molecule has 0 unspecified atom stereocenters. The zero-order valence-electron chi connectivity index (χ0n) is 12.0. The van der Waals surface area contributed by atoms with Crippen molar-refractivity contribution in [1.29, 1.82) is 0 Å². The van der Waals surface area contributed by atoms with Gasteiger partial charge in [-0.15, -0.1) is 12.4 Å². The zero-order valence-corrected chi connectivity index (χ0v) is 12.8. The highest BCUT2D eigenvalue weighted by atomic mass is 35.5. The average molecular weight is 308 g/mol. The summed E-state index contributed by atoms with van der Waals surface area (Å²) in [6.45, 7) is 0. The minimum atomic E-state index is 0. The molecule has 108 valence electrons. The van der Waals surface area contributed by atoms with Crippen LogP contribution in [0.4, 0.5) is 0 Å². The fraction of sp³-hybridized carbons (Fsp3) is 0.0556. The number of H-pyrrole nitrogens is 1. The number of pyridine rings is 1. The normalized spacial score (nSPS) is 11.5. The summed E-state index contributed by atoms with van der Waals surface area (Å²) in [5.74, 6) is 0. The van der Waals surface area contributed by atoms with Crippen molar-refractivity contribution in [3.8, 4) is 0 Å². The third kappa shape index (κ3) is 1.49. The van der Waals surface area contributed by atoms with Gasteiger partial charge in [-0.25, -0.2) is 0 Å². The van der Waals surface area contributed by atoms with Gasteiger partial charge >= 0.3 is 0 Å². The SMILES string of the molecule is Cl.Cn1c2ccccc2c2c3[nH]c4ccccc4c3ncc21. The Labute approximate surface area is 133 Å². The number of aromatic amines is 1. The highest BCUT2D eigenvalue weighted by molar-refractivity contribution is 6.23. The Balaban J connectivity index is 0.00000125. The Bertz CT molecular complexity index is 1150. The van der Waals surface area contributed by atoms with Crippen LogP contribution in [-0.4, -0.2) is 14.5 Å². The molecule has 3 nitrogen and oxygen atoms in total. The van der Waals surface area contributed by atoms with Crippen molar-refractivity contribution in [2.75, 3.05) is 0 Å². The number of aryl methyl sites for hydroxylation is 1. The van der Waals surface area contributed by atoms with Crippen LogP contribution in [0.25, 0.3) is 43.7 Å². The summed E-state index contributed by atoms with van der Waals surface area (Å²) in [7, 11) is 2.10. The van der Waals surface area contributed by atoms with E-state index >= 15 is 0 Å². The summed E-state index contributed by atoms with van der Waals surface area (Å²) in [6, 6.07) is 16.9. The van der Waals surface area contributed by atoms with E-state index in [1.54, 1.807) is 0 Å². The number of rotatable bonds is 0. The van der Waals surface area contributed by atoms with Gasteiger partial charge in [0.05, 0.1) is 22.7 Å². The molecule has 4 heteroatoms. The summed E-state index contributed by atoms with van der Waals surface area (Å²) >= 11 is 0. The third-order valence-corrected chi connectivity index (χ3v) is 4.40. The predicted octanol–water partition coefficient (Wildman–Crippen LogP) is 4.78. The fourth-order valence-electron chi connectivity index (χ4n) is 3.39. The lowest BCUT2D eigenvalue weighted by molar-refractivity contribution is 1.01. The molecular formula is C18H14ClN3. The van der Waals surface area contributed by atoms with E-state index in [0.29, 0.717) is 0 Å². The summed E-state index contributed by atoms with van der Waals surface area (Å²) in [5, 5.41) is 3.71. The lowest BCUT2D eigenvalue weighted by Gasteiger charge is -1.97. The molecule has 0 aliphatic rings. The molecule has 22 heavy (non-hydrogen) atoms. The number of nitrogens with one attached hydrogen (secondary N) is 1. The number of benzene rings is 2. The van der Waals surface area contributed by atoms with Crippen molar-refractivity contribution in [3.63, 3.8) is 0 Å². The Morgan fingerprint density at radius 2 is 1.64 bits per heavy atom. The quantitative estimate of drug-likeness (QED) is 0.439. The number of fused-ring (bicyclic) bond motifs is 7. The van der Waals surface area contributed by atoms with Crippen molar-refractivity contribution in [3.05, 3.63) is 54.7 Å². The first-order chi connectivity index (χ1) is 10.3. The molecule has 0 atom stereocenters. The molecule has 0 bridgehead atoms. The summed E-state index contributed by atoms with van der Waals surface area (Å²) in [4.78, 5) is 8.25. The van der Waals surface area contributed by atoms with Crippen LogP contribution in [0.5, 0.6) is 0 Å². The van der Waals surface area contributed by atoms with Crippen molar-refractivity contribution in [2.45, 2.75) is 0 Å². The smallest absolute Gasteiger partial charge is 0.0965 e. The van der Waals surface area contributed by atoms with Gasteiger partial charge in [-0.1, -0.05) is 36.4 Å². The van der Waals surface area contributed by atoms with E-state index in [1.165, 1.54) is 21.7 Å². The minimum Gasteiger partial charge on any atom is -0.353 e. The molecule has 5 aromatic rings. The highest BCUT2D eigenvalue weighted by Crippen LogP contribution is 2.35. The molecule has 1 N–H and O–H groups in total. The van der Waals surface area contributed by atoms with E-state index in [2.05, 4.69) is 65.1 Å². The van der Waals surface area contributed by atoms with Crippen molar-refractivity contribution >= 4 is 56.1 Å². The number of hydrogen-bond acceptors (Lipinski definition) is 1. The lowest BCUT2D eigenvalue weighted by Crippen LogP contribution is -1.87. The standard InChI is InChI=1S/C18H13N3.ClH/c1-21-14-9-5-3-7-12(14)16-15(21)10-19-17-11-6-2-4-8-13(11)20-18(16)17;/h2-10,20H,1H3;1H. The summed E-state index contributed by atoms with van der Waals surface area (Å²) < 4.78 is 2.21. The lowest BCUT2D eigenvalue weighted by atomic mass is 10.1. The van der Waals surface area contributed by atoms with Gasteiger partial charge in [-0.3, -0.25) is 4.98 Å². The van der Waals surface area contributed by atoms with Gasteiger partial charge in [0.1, 0.15) is 0 Å². The van der Waals surface area contributed by atoms with Crippen LogP contribution in [0.2, 0.25) is 0 Å². The van der Waals surface area contributed by atoms with Gasteiger partial charge in [0, 0.05) is 34.2 Å². The molecule has 2 aromatic carbocycles. The molecule has 0 aliphatic carbocycles. The van der Waals surface area contributed by atoms with E-state index in [1.807, 2.05) is 6.20 Å². The van der Waals surface area contributed by atoms with Crippen LogP contribution in [0.1, 0.15) is 0 Å². The van der Waals surface area contributed by atoms with E-state index in [0.717, 1.165) is 22.1 Å². The van der Waals surface area contributed by atoms with Gasteiger partial charge in [0.15, 0.2) is 0 Å². The molecule has 5 rings (SSSR count). The number of nitrogens with zero attached hydrogens (tertiary/aromatic N) is 2. The first-order valence-corrected chi connectivity index (χ1v) is 7.07. The van der Waals surface area contributed by atoms with Crippen LogP contribution < -0.4 is 0 Å². The van der Waals surface area contributed by atoms with Crippen LogP contribution in [0, 0.1) is 0 Å². The van der Waals surface area contributed by atoms with E-state index in [4.69, 9.17) is 4.98 Å². The molecule has 0 spiro atoms. The van der Waals surface area contributed by atoms with Gasteiger partial charge in [0.25, 0.3) is 0 Å². The van der Waals surface area contributed by atoms with E-state index < -0.39 is 0 Å². The van der Waals surface area contributed by atoms with Gasteiger partial charge < -0.3 is 9.55 Å². The van der Waals surface area contributed by atoms with E-state index in [-0.39, 0.29) is 12.4 Å². The topological polar surface area (TPSA) is 33.6 Å². The maximum absolute atomic E-state index is 4.70. The number of para-hydroxylation sites is 2. The fourth-order valence-corrected chi connectivity index (χ4v) is 3.39. The predicted molar refractivity (Wildman–Crippen MR) is 94.8 cm³/mol. The molecule has 3 heterocycles. The van der Waals surface area contributed by atoms with Gasteiger partial charge in [-0.2, -0.15) is 0 Å². The molecule has 0 aliphatic heterocycles. The van der Waals surface area contributed by atoms with E-state index in [9.17, 15) is 0 Å². The molecule has 0 saturated carbocycles. The first-order valence-electron chi connectivity index (χ1n) is 7.07. The van der Waals surface area contributed by atoms with Crippen LogP contribution in [0.15, 0.2) is 54.7 Å². The molecule has 0 amide bonds. The van der Waals surface area contributed by atoms with Gasteiger partial charge in [0.2, 0.25) is 0 Å². The maximum atomic E-state index is 4.70. The number of aromatic nitrogens is 3. The molecule has 3 aromatic heterocycles. The number of hydrogen-bond donors (Lipinski definition) is 1. The molecule has 0 fully saturated rings. The van der Waals surface area contributed by atoms with Crippen LogP contribution >= 0.6 is 12.4 Å². The van der Waals surface area contributed by atoms with Crippen molar-refractivity contribution < 1.29 is 0 Å². The monoisotopic (exact) mass is 307 g/mol. The summed E-state index contributed by atoms with van der Waals surface area (Å²) in [6.07, 6.45) is 1.98. The Morgan fingerprint density at radius 1 is 0.909 bits per heavy atom. The third-order valence-electron chi connectivity index (χ3n) is 4.40. The van der Waals surface area contributed by atoms with Crippen LogP contribution in [-0.2, 0) is 7.05 Å². The zero-order chi connectivity index (χ0) is 14.0.